The van der Waals surface area contributed by atoms with Crippen LogP contribution < -0.4 is 10.2 Å². The molecule has 5 nitrogen and oxygen atoms in total. The van der Waals surface area contributed by atoms with Crippen molar-refractivity contribution in [1.29, 1.82) is 0 Å². The van der Waals surface area contributed by atoms with Crippen molar-refractivity contribution >= 4 is 11.8 Å². The zero-order valence-electron chi connectivity index (χ0n) is 14.8. The number of carbonyl (C=O) groups is 1. The summed E-state index contributed by atoms with van der Waals surface area (Å²) in [5, 5.41) is 3.48. The minimum Gasteiger partial charge on any atom is -0.461 e. The molecule has 1 aromatic heterocycles. The van der Waals surface area contributed by atoms with E-state index >= 15 is 0 Å². The zero-order chi connectivity index (χ0) is 16.9. The van der Waals surface area contributed by atoms with Crippen molar-refractivity contribution in [2.45, 2.75) is 53.2 Å². The Bertz CT molecular complexity index is 525. The number of rotatable bonds is 6. The SMILES string of the molecule is CCNC1CCN(c2ncccc2COC(=O)CC(C)(C)C)C1. The summed E-state index contributed by atoms with van der Waals surface area (Å²) in [5.74, 6) is 0.788. The van der Waals surface area contributed by atoms with Crippen LogP contribution in [0.25, 0.3) is 0 Å². The number of hydrogen-bond donors (Lipinski definition) is 1. The molecule has 1 atom stereocenters. The molecular weight excluding hydrogens is 290 g/mol. The van der Waals surface area contributed by atoms with E-state index < -0.39 is 0 Å². The minimum atomic E-state index is -0.153. The first kappa shape index (κ1) is 17.7. The Balaban J connectivity index is 1.97. The van der Waals surface area contributed by atoms with Gasteiger partial charge in [-0.05, 0) is 24.4 Å². The van der Waals surface area contributed by atoms with Gasteiger partial charge in [-0.25, -0.2) is 4.98 Å². The van der Waals surface area contributed by atoms with Gasteiger partial charge in [-0.2, -0.15) is 0 Å². The Labute approximate surface area is 139 Å². The molecule has 0 amide bonds. The Morgan fingerprint density at radius 1 is 1.48 bits per heavy atom. The highest BCUT2D eigenvalue weighted by Gasteiger charge is 2.25. The largest absolute Gasteiger partial charge is 0.461 e. The van der Waals surface area contributed by atoms with Crippen LogP contribution in [0.5, 0.6) is 0 Å². The Morgan fingerprint density at radius 3 is 2.96 bits per heavy atom. The molecule has 1 fully saturated rings. The standard InChI is InChI=1S/C18H29N3O2/c1-5-19-15-8-10-21(12-15)17-14(7-6-9-20-17)13-23-16(22)11-18(2,3)4/h6-7,9,15,19H,5,8,10-13H2,1-4H3. The summed E-state index contributed by atoms with van der Waals surface area (Å²) in [6.07, 6.45) is 3.35. The summed E-state index contributed by atoms with van der Waals surface area (Å²) in [6.45, 7) is 11.5. The van der Waals surface area contributed by atoms with E-state index in [0.717, 1.165) is 37.4 Å². The van der Waals surface area contributed by atoms with Gasteiger partial charge in [0.25, 0.3) is 0 Å². The molecule has 5 heteroatoms. The lowest BCUT2D eigenvalue weighted by atomic mass is 9.92. The highest BCUT2D eigenvalue weighted by Crippen LogP contribution is 2.24. The van der Waals surface area contributed by atoms with Crippen molar-refractivity contribution in [2.75, 3.05) is 24.5 Å². The smallest absolute Gasteiger partial charge is 0.306 e. The maximum atomic E-state index is 11.9. The van der Waals surface area contributed by atoms with E-state index in [4.69, 9.17) is 4.74 Å². The van der Waals surface area contributed by atoms with Crippen LogP contribution in [0.2, 0.25) is 0 Å². The number of nitrogens with zero attached hydrogens (tertiary/aromatic N) is 2. The molecule has 1 aliphatic rings. The second-order valence-corrected chi connectivity index (χ2v) is 7.37. The molecule has 1 N–H and O–H groups in total. The molecule has 2 heterocycles. The quantitative estimate of drug-likeness (QED) is 0.817. The van der Waals surface area contributed by atoms with Gasteiger partial charge in [0.15, 0.2) is 0 Å². The average Bonchev–Trinajstić information content (AvgIpc) is 2.92. The fourth-order valence-electron chi connectivity index (χ4n) is 2.88. The predicted octanol–water partition coefficient (Wildman–Crippen LogP) is 2.75. The number of nitrogens with one attached hydrogen (secondary N) is 1. The molecule has 0 saturated carbocycles. The Kier molecular flexibility index (Phi) is 5.99. The number of likely N-dealkylation sites (N-methyl/N-ethyl adjacent to an activating group) is 1. The Morgan fingerprint density at radius 2 is 2.26 bits per heavy atom. The van der Waals surface area contributed by atoms with Crippen molar-refractivity contribution in [2.24, 2.45) is 5.41 Å². The monoisotopic (exact) mass is 319 g/mol. The van der Waals surface area contributed by atoms with Crippen molar-refractivity contribution in [1.82, 2.24) is 10.3 Å². The van der Waals surface area contributed by atoms with Gasteiger partial charge in [-0.3, -0.25) is 4.79 Å². The molecule has 128 valence electrons. The lowest BCUT2D eigenvalue weighted by molar-refractivity contribution is -0.147. The number of carbonyl (C=O) groups excluding carboxylic acids is 1. The molecule has 1 aliphatic heterocycles. The summed E-state index contributed by atoms with van der Waals surface area (Å²) < 4.78 is 5.46. The van der Waals surface area contributed by atoms with Gasteiger partial charge < -0.3 is 15.0 Å². The van der Waals surface area contributed by atoms with Gasteiger partial charge in [0, 0.05) is 30.9 Å². The molecule has 2 rings (SSSR count). The molecule has 0 aliphatic carbocycles. The van der Waals surface area contributed by atoms with Crippen LogP contribution in [0.1, 0.15) is 46.1 Å². The van der Waals surface area contributed by atoms with Gasteiger partial charge in [0.1, 0.15) is 12.4 Å². The van der Waals surface area contributed by atoms with Crippen molar-refractivity contribution in [3.63, 3.8) is 0 Å². The predicted molar refractivity (Wildman–Crippen MR) is 92.4 cm³/mol. The summed E-state index contributed by atoms with van der Waals surface area (Å²) in [4.78, 5) is 18.7. The van der Waals surface area contributed by atoms with Crippen LogP contribution in [-0.4, -0.2) is 36.6 Å². The molecule has 1 aromatic rings. The maximum absolute atomic E-state index is 11.9. The third kappa shape index (κ3) is 5.50. The highest BCUT2D eigenvalue weighted by atomic mass is 16.5. The third-order valence-corrected chi connectivity index (χ3v) is 3.91. The van der Waals surface area contributed by atoms with E-state index in [1.165, 1.54) is 0 Å². The minimum absolute atomic E-state index is 0.0527. The van der Waals surface area contributed by atoms with E-state index in [2.05, 4.69) is 22.1 Å². The van der Waals surface area contributed by atoms with Crippen LogP contribution >= 0.6 is 0 Å². The molecule has 0 spiro atoms. The van der Waals surface area contributed by atoms with Crippen LogP contribution in [-0.2, 0) is 16.1 Å². The van der Waals surface area contributed by atoms with E-state index in [-0.39, 0.29) is 11.4 Å². The maximum Gasteiger partial charge on any atom is 0.306 e. The van der Waals surface area contributed by atoms with Crippen LogP contribution in [0.4, 0.5) is 5.82 Å². The van der Waals surface area contributed by atoms with Gasteiger partial charge in [0.05, 0.1) is 6.42 Å². The molecule has 0 bridgehead atoms. The Hall–Kier alpha value is -1.62. The molecule has 0 aromatic carbocycles. The van der Waals surface area contributed by atoms with Crippen molar-refractivity contribution < 1.29 is 9.53 Å². The zero-order valence-corrected chi connectivity index (χ0v) is 14.8. The van der Waals surface area contributed by atoms with Crippen LogP contribution in [0.15, 0.2) is 18.3 Å². The fourth-order valence-corrected chi connectivity index (χ4v) is 2.88. The topological polar surface area (TPSA) is 54.5 Å². The summed E-state index contributed by atoms with van der Waals surface area (Å²) in [7, 11) is 0. The van der Waals surface area contributed by atoms with Crippen LogP contribution in [0, 0.1) is 5.41 Å². The summed E-state index contributed by atoms with van der Waals surface area (Å²) >= 11 is 0. The van der Waals surface area contributed by atoms with E-state index in [1.54, 1.807) is 6.20 Å². The van der Waals surface area contributed by atoms with Gasteiger partial charge >= 0.3 is 5.97 Å². The molecular formula is C18H29N3O2. The molecule has 23 heavy (non-hydrogen) atoms. The van der Waals surface area contributed by atoms with Crippen LogP contribution in [0.3, 0.4) is 0 Å². The summed E-state index contributed by atoms with van der Waals surface area (Å²) in [6, 6.07) is 4.40. The number of aromatic nitrogens is 1. The van der Waals surface area contributed by atoms with Gasteiger partial charge in [0.2, 0.25) is 0 Å². The second kappa shape index (κ2) is 7.77. The normalized spacial score (nSPS) is 18.3. The fraction of sp³-hybridized carbons (Fsp3) is 0.667. The number of esters is 1. The second-order valence-electron chi connectivity index (χ2n) is 7.37. The van der Waals surface area contributed by atoms with Gasteiger partial charge in [-0.15, -0.1) is 0 Å². The highest BCUT2D eigenvalue weighted by molar-refractivity contribution is 5.70. The van der Waals surface area contributed by atoms with Crippen molar-refractivity contribution in [3.05, 3.63) is 23.9 Å². The lowest BCUT2D eigenvalue weighted by Gasteiger charge is -2.21. The lowest BCUT2D eigenvalue weighted by Crippen LogP contribution is -2.32. The average molecular weight is 319 g/mol. The van der Waals surface area contributed by atoms with E-state index in [0.29, 0.717) is 19.1 Å². The van der Waals surface area contributed by atoms with E-state index in [9.17, 15) is 4.79 Å². The molecule has 0 radical (unpaired) electrons. The van der Waals surface area contributed by atoms with Gasteiger partial charge in [-0.1, -0.05) is 33.8 Å². The molecule has 1 saturated heterocycles. The number of anilines is 1. The van der Waals surface area contributed by atoms with Crippen molar-refractivity contribution in [3.8, 4) is 0 Å². The summed E-state index contributed by atoms with van der Waals surface area (Å²) in [5.41, 5.74) is 0.926. The van der Waals surface area contributed by atoms with E-state index in [1.807, 2.05) is 32.9 Å². The first-order valence-corrected chi connectivity index (χ1v) is 8.47. The third-order valence-electron chi connectivity index (χ3n) is 3.91. The number of hydrogen-bond acceptors (Lipinski definition) is 5. The number of ether oxygens (including phenoxy) is 1. The first-order chi connectivity index (χ1) is 10.9. The molecule has 1 unspecified atom stereocenters. The number of pyridine rings is 1. The first-order valence-electron chi connectivity index (χ1n) is 8.47.